The van der Waals surface area contributed by atoms with E-state index >= 15 is 0 Å². The van der Waals surface area contributed by atoms with Gasteiger partial charge in [-0.2, -0.15) is 0 Å². The summed E-state index contributed by atoms with van der Waals surface area (Å²) in [6.45, 7) is 8.73. The molecule has 3 atom stereocenters. The minimum absolute atomic E-state index is 0.114. The van der Waals surface area contributed by atoms with Crippen LogP contribution < -0.4 is 5.32 Å². The highest BCUT2D eigenvalue weighted by Gasteiger charge is 2.26. The van der Waals surface area contributed by atoms with Crippen molar-refractivity contribution in [3.8, 4) is 0 Å². The molecular formula is C15H29NO2. The number of alkyl carbamates (subject to hydrolysis) is 1. The second-order valence-electron chi connectivity index (χ2n) is 5.98. The zero-order valence-electron chi connectivity index (χ0n) is 12.4. The third-order valence-corrected chi connectivity index (χ3v) is 3.86. The fourth-order valence-corrected chi connectivity index (χ4v) is 3.05. The summed E-state index contributed by atoms with van der Waals surface area (Å²) >= 11 is 0. The molecule has 0 aromatic rings. The van der Waals surface area contributed by atoms with E-state index in [0.29, 0.717) is 11.8 Å². The highest BCUT2D eigenvalue weighted by atomic mass is 16.6. The quantitative estimate of drug-likeness (QED) is 0.802. The first-order valence-corrected chi connectivity index (χ1v) is 7.52. The molecule has 3 heteroatoms. The van der Waals surface area contributed by atoms with Gasteiger partial charge in [0.1, 0.15) is 6.10 Å². The van der Waals surface area contributed by atoms with Crippen molar-refractivity contribution in [2.45, 2.75) is 78.4 Å². The summed E-state index contributed by atoms with van der Waals surface area (Å²) in [5, 5.41) is 2.98. The first-order valence-electron chi connectivity index (χ1n) is 7.52. The third kappa shape index (κ3) is 5.28. The normalized spacial score (nSPS) is 29.7. The molecule has 3 nitrogen and oxygen atoms in total. The van der Waals surface area contributed by atoms with Gasteiger partial charge in [0.25, 0.3) is 0 Å². The monoisotopic (exact) mass is 255 g/mol. The number of ether oxygens (including phenoxy) is 1. The van der Waals surface area contributed by atoms with E-state index in [4.69, 9.17) is 4.74 Å². The molecule has 0 radical (unpaired) electrons. The molecule has 18 heavy (non-hydrogen) atoms. The lowest BCUT2D eigenvalue weighted by Gasteiger charge is -2.31. The van der Waals surface area contributed by atoms with Crippen LogP contribution in [0.25, 0.3) is 0 Å². The first-order chi connectivity index (χ1) is 8.55. The van der Waals surface area contributed by atoms with Crippen molar-refractivity contribution in [1.29, 1.82) is 0 Å². The molecule has 1 rings (SSSR count). The first kappa shape index (κ1) is 15.3. The van der Waals surface area contributed by atoms with Crippen LogP contribution in [0.2, 0.25) is 0 Å². The van der Waals surface area contributed by atoms with Crippen molar-refractivity contribution < 1.29 is 9.53 Å². The summed E-state index contributed by atoms with van der Waals surface area (Å²) in [7, 11) is 0. The zero-order valence-corrected chi connectivity index (χ0v) is 12.4. The molecule has 0 aliphatic heterocycles. The zero-order chi connectivity index (χ0) is 13.5. The largest absolute Gasteiger partial charge is 0.446 e. The number of rotatable bonds is 5. The number of amides is 1. The average molecular weight is 255 g/mol. The topological polar surface area (TPSA) is 38.3 Å². The smallest absolute Gasteiger partial charge is 0.407 e. The molecule has 1 N–H and O–H groups in total. The number of carbonyl (C=O) groups excluding carboxylic acids is 1. The Hall–Kier alpha value is -0.730. The summed E-state index contributed by atoms with van der Waals surface area (Å²) in [5.41, 5.74) is 0. The summed E-state index contributed by atoms with van der Waals surface area (Å²) in [5.74, 6) is 1.34. The van der Waals surface area contributed by atoms with Crippen molar-refractivity contribution in [2.75, 3.05) is 0 Å². The van der Waals surface area contributed by atoms with E-state index in [2.05, 4.69) is 33.0 Å². The van der Waals surface area contributed by atoms with Gasteiger partial charge in [0.2, 0.25) is 0 Å². The maximum absolute atomic E-state index is 11.8. The van der Waals surface area contributed by atoms with Crippen molar-refractivity contribution in [2.24, 2.45) is 11.8 Å². The maximum atomic E-state index is 11.8. The van der Waals surface area contributed by atoms with E-state index in [9.17, 15) is 4.79 Å². The van der Waals surface area contributed by atoms with Crippen molar-refractivity contribution in [3.63, 3.8) is 0 Å². The molecule has 1 aliphatic carbocycles. The third-order valence-electron chi connectivity index (χ3n) is 3.86. The van der Waals surface area contributed by atoms with E-state index in [0.717, 1.165) is 32.1 Å². The highest BCUT2D eigenvalue weighted by molar-refractivity contribution is 5.67. The summed E-state index contributed by atoms with van der Waals surface area (Å²) in [6, 6.07) is 0.265. The van der Waals surface area contributed by atoms with Crippen LogP contribution >= 0.6 is 0 Å². The fourth-order valence-electron chi connectivity index (χ4n) is 3.05. The van der Waals surface area contributed by atoms with Gasteiger partial charge < -0.3 is 10.1 Å². The molecule has 0 heterocycles. The van der Waals surface area contributed by atoms with Gasteiger partial charge in [-0.25, -0.2) is 4.79 Å². The summed E-state index contributed by atoms with van der Waals surface area (Å²) in [6.07, 6.45) is 6.28. The van der Waals surface area contributed by atoms with Crippen LogP contribution in [0.4, 0.5) is 4.79 Å². The summed E-state index contributed by atoms with van der Waals surface area (Å²) < 4.78 is 5.56. The van der Waals surface area contributed by atoms with E-state index in [1.54, 1.807) is 0 Å². The van der Waals surface area contributed by atoms with E-state index in [-0.39, 0.29) is 18.2 Å². The molecule has 1 saturated carbocycles. The molecule has 0 aromatic carbocycles. The van der Waals surface area contributed by atoms with Crippen LogP contribution in [0.15, 0.2) is 0 Å². The Balaban J connectivity index is 2.34. The number of nitrogens with one attached hydrogen (secondary N) is 1. The lowest BCUT2D eigenvalue weighted by Crippen LogP contribution is -2.38. The summed E-state index contributed by atoms with van der Waals surface area (Å²) in [4.78, 5) is 11.8. The van der Waals surface area contributed by atoms with Gasteiger partial charge in [0.15, 0.2) is 0 Å². The van der Waals surface area contributed by atoms with Crippen molar-refractivity contribution in [1.82, 2.24) is 5.32 Å². The molecule has 0 spiro atoms. The molecule has 106 valence electrons. The molecule has 0 bridgehead atoms. The molecular weight excluding hydrogens is 226 g/mol. The van der Waals surface area contributed by atoms with Crippen LogP contribution in [-0.2, 0) is 4.74 Å². The minimum atomic E-state index is -0.221. The Kier molecular flexibility index (Phi) is 6.51. The van der Waals surface area contributed by atoms with Crippen LogP contribution in [0.5, 0.6) is 0 Å². The lowest BCUT2D eigenvalue weighted by molar-refractivity contribution is 0.0447. The molecule has 0 aromatic heterocycles. The Morgan fingerprint density at radius 2 is 1.83 bits per heavy atom. The number of hydrogen-bond acceptors (Lipinski definition) is 2. The van der Waals surface area contributed by atoms with Gasteiger partial charge in [-0.1, -0.05) is 34.1 Å². The number of carbonyl (C=O) groups is 1. The van der Waals surface area contributed by atoms with Gasteiger partial charge in [-0.05, 0) is 43.9 Å². The van der Waals surface area contributed by atoms with Gasteiger partial charge in [-0.15, -0.1) is 0 Å². The second-order valence-corrected chi connectivity index (χ2v) is 5.98. The molecule has 3 unspecified atom stereocenters. The highest BCUT2D eigenvalue weighted by Crippen LogP contribution is 2.30. The van der Waals surface area contributed by atoms with E-state index < -0.39 is 0 Å². The predicted molar refractivity (Wildman–Crippen MR) is 74.6 cm³/mol. The lowest BCUT2D eigenvalue weighted by atomic mass is 9.82. The van der Waals surface area contributed by atoms with E-state index in [1.165, 1.54) is 6.42 Å². The Morgan fingerprint density at radius 1 is 1.22 bits per heavy atom. The van der Waals surface area contributed by atoms with Gasteiger partial charge in [0, 0.05) is 6.04 Å². The van der Waals surface area contributed by atoms with Crippen LogP contribution in [0, 0.1) is 11.8 Å². The molecule has 1 amide bonds. The van der Waals surface area contributed by atoms with Crippen molar-refractivity contribution >= 4 is 6.09 Å². The van der Waals surface area contributed by atoms with Crippen molar-refractivity contribution in [3.05, 3.63) is 0 Å². The molecule has 0 saturated heterocycles. The molecule has 1 fully saturated rings. The standard InChI is InChI=1S/C15H29NO2/c1-5-7-13(6-2)16-15(17)18-14-9-11(3)8-12(4)10-14/h11-14H,5-10H2,1-4H3,(H,16,17). The van der Waals surface area contributed by atoms with Gasteiger partial charge >= 0.3 is 6.09 Å². The van der Waals surface area contributed by atoms with Crippen LogP contribution in [0.3, 0.4) is 0 Å². The minimum Gasteiger partial charge on any atom is -0.446 e. The Bertz CT molecular complexity index is 245. The SMILES string of the molecule is CCCC(CC)NC(=O)OC1CC(C)CC(C)C1. The Labute approximate surface area is 112 Å². The Morgan fingerprint density at radius 3 is 2.33 bits per heavy atom. The van der Waals surface area contributed by atoms with E-state index in [1.807, 2.05) is 0 Å². The predicted octanol–water partition coefficient (Wildman–Crippen LogP) is 4.12. The van der Waals surface area contributed by atoms with Crippen LogP contribution in [0.1, 0.15) is 66.2 Å². The van der Waals surface area contributed by atoms with Crippen LogP contribution in [-0.4, -0.2) is 18.2 Å². The average Bonchev–Trinajstić information content (AvgIpc) is 2.26. The maximum Gasteiger partial charge on any atom is 0.407 e. The fraction of sp³-hybridized carbons (Fsp3) is 0.933. The van der Waals surface area contributed by atoms with Gasteiger partial charge in [0.05, 0.1) is 0 Å². The van der Waals surface area contributed by atoms with Gasteiger partial charge in [-0.3, -0.25) is 0 Å². The number of hydrogen-bond donors (Lipinski definition) is 1. The molecule has 1 aliphatic rings. The second kappa shape index (κ2) is 7.65.